The standard InChI is InChI=1S/C11H14BrNO5S/c1-18-9-5-8(12)6-10(7-9)19(16,17)13-4-2-3-11(14)15/h5-7,13H,2-4H2,1H3,(H,14,15). The van der Waals surface area contributed by atoms with Crippen molar-refractivity contribution in [3.8, 4) is 5.75 Å². The van der Waals surface area contributed by atoms with E-state index in [1.807, 2.05) is 0 Å². The number of ether oxygens (including phenoxy) is 1. The molecule has 6 nitrogen and oxygen atoms in total. The van der Waals surface area contributed by atoms with Crippen LogP contribution in [0.1, 0.15) is 12.8 Å². The number of sulfonamides is 1. The number of halogens is 1. The number of methoxy groups -OCH3 is 1. The highest BCUT2D eigenvalue weighted by molar-refractivity contribution is 9.10. The molecular formula is C11H14BrNO5S. The smallest absolute Gasteiger partial charge is 0.303 e. The van der Waals surface area contributed by atoms with Crippen molar-refractivity contribution in [2.75, 3.05) is 13.7 Å². The molecular weight excluding hydrogens is 338 g/mol. The molecule has 1 rings (SSSR count). The van der Waals surface area contributed by atoms with Gasteiger partial charge in [-0.15, -0.1) is 0 Å². The molecule has 0 aliphatic heterocycles. The third-order valence-corrected chi connectivity index (χ3v) is 4.15. The van der Waals surface area contributed by atoms with E-state index in [0.29, 0.717) is 10.2 Å². The highest BCUT2D eigenvalue weighted by Gasteiger charge is 2.15. The molecule has 0 aromatic heterocycles. The summed E-state index contributed by atoms with van der Waals surface area (Å²) in [5, 5.41) is 8.46. The largest absolute Gasteiger partial charge is 0.497 e. The lowest BCUT2D eigenvalue weighted by Crippen LogP contribution is -2.25. The molecule has 0 amide bonds. The number of aliphatic carboxylic acids is 1. The first-order valence-corrected chi connectivity index (χ1v) is 7.69. The number of nitrogens with one attached hydrogen (secondary N) is 1. The Labute approximate surface area is 120 Å². The molecule has 0 fully saturated rings. The van der Waals surface area contributed by atoms with Crippen LogP contribution in [0.3, 0.4) is 0 Å². The van der Waals surface area contributed by atoms with E-state index in [-0.39, 0.29) is 24.3 Å². The molecule has 0 unspecified atom stereocenters. The molecule has 2 N–H and O–H groups in total. The van der Waals surface area contributed by atoms with Gasteiger partial charge in [0.25, 0.3) is 0 Å². The van der Waals surface area contributed by atoms with Crippen molar-refractivity contribution >= 4 is 31.9 Å². The highest BCUT2D eigenvalue weighted by atomic mass is 79.9. The van der Waals surface area contributed by atoms with Gasteiger partial charge >= 0.3 is 5.97 Å². The molecule has 0 atom stereocenters. The van der Waals surface area contributed by atoms with Gasteiger partial charge in [0.05, 0.1) is 12.0 Å². The second-order valence-electron chi connectivity index (χ2n) is 3.72. The Morgan fingerprint density at radius 3 is 2.68 bits per heavy atom. The summed E-state index contributed by atoms with van der Waals surface area (Å²) >= 11 is 3.20. The van der Waals surface area contributed by atoms with E-state index in [1.165, 1.54) is 19.2 Å². The van der Waals surface area contributed by atoms with Crippen LogP contribution in [0, 0.1) is 0 Å². The summed E-state index contributed by atoms with van der Waals surface area (Å²) in [6, 6.07) is 4.48. The zero-order chi connectivity index (χ0) is 14.5. The van der Waals surface area contributed by atoms with Gasteiger partial charge in [0.1, 0.15) is 5.75 Å². The van der Waals surface area contributed by atoms with Gasteiger partial charge in [0.2, 0.25) is 10.0 Å². The first-order chi connectivity index (χ1) is 8.85. The lowest BCUT2D eigenvalue weighted by Gasteiger charge is -2.08. The summed E-state index contributed by atoms with van der Waals surface area (Å²) in [4.78, 5) is 10.4. The van der Waals surface area contributed by atoms with Gasteiger partial charge in [-0.25, -0.2) is 13.1 Å². The van der Waals surface area contributed by atoms with Gasteiger partial charge in [-0.1, -0.05) is 15.9 Å². The Bertz CT molecular complexity index is 558. The van der Waals surface area contributed by atoms with Crippen molar-refractivity contribution in [3.63, 3.8) is 0 Å². The molecule has 8 heteroatoms. The third kappa shape index (κ3) is 5.17. The molecule has 0 heterocycles. The van der Waals surface area contributed by atoms with Crippen molar-refractivity contribution in [3.05, 3.63) is 22.7 Å². The second kappa shape index (κ2) is 6.88. The maximum Gasteiger partial charge on any atom is 0.303 e. The quantitative estimate of drug-likeness (QED) is 0.727. The van der Waals surface area contributed by atoms with Crippen molar-refractivity contribution < 1.29 is 23.1 Å². The Hall–Kier alpha value is -1.12. The zero-order valence-corrected chi connectivity index (χ0v) is 12.6. The second-order valence-corrected chi connectivity index (χ2v) is 6.40. The normalized spacial score (nSPS) is 11.3. The van der Waals surface area contributed by atoms with E-state index in [2.05, 4.69) is 20.7 Å². The maximum absolute atomic E-state index is 12.0. The minimum atomic E-state index is -3.67. The van der Waals surface area contributed by atoms with Crippen LogP contribution in [0.4, 0.5) is 0 Å². The van der Waals surface area contributed by atoms with Crippen LogP contribution >= 0.6 is 15.9 Å². The van der Waals surface area contributed by atoms with E-state index >= 15 is 0 Å². The summed E-state index contributed by atoms with van der Waals surface area (Å²) in [6.07, 6.45) is 0.157. The number of carboxylic acids is 1. The predicted molar refractivity (Wildman–Crippen MR) is 72.8 cm³/mol. The molecule has 106 valence electrons. The molecule has 1 aromatic rings. The molecule has 0 radical (unpaired) electrons. The number of benzene rings is 1. The summed E-state index contributed by atoms with van der Waals surface area (Å²) in [5.74, 6) is -0.538. The molecule has 0 saturated carbocycles. The zero-order valence-electron chi connectivity index (χ0n) is 10.2. The van der Waals surface area contributed by atoms with Crippen LogP contribution in [-0.2, 0) is 14.8 Å². The summed E-state index contributed by atoms with van der Waals surface area (Å²) in [6.45, 7) is 0.0729. The Balaban J connectivity index is 2.77. The Morgan fingerprint density at radius 1 is 1.42 bits per heavy atom. The number of carboxylic acid groups (broad SMARTS) is 1. The molecule has 0 aliphatic rings. The minimum Gasteiger partial charge on any atom is -0.497 e. The fraction of sp³-hybridized carbons (Fsp3) is 0.364. The summed E-state index contributed by atoms with van der Waals surface area (Å²) in [7, 11) is -2.22. The van der Waals surface area contributed by atoms with Gasteiger partial charge in [-0.3, -0.25) is 4.79 Å². The molecule has 19 heavy (non-hydrogen) atoms. The van der Waals surface area contributed by atoms with Crippen LogP contribution in [0.2, 0.25) is 0 Å². The average molecular weight is 352 g/mol. The van der Waals surface area contributed by atoms with E-state index < -0.39 is 16.0 Å². The van der Waals surface area contributed by atoms with Crippen LogP contribution in [0.25, 0.3) is 0 Å². The third-order valence-electron chi connectivity index (χ3n) is 2.25. The molecule has 1 aromatic carbocycles. The first kappa shape index (κ1) is 15.9. The van der Waals surface area contributed by atoms with E-state index in [9.17, 15) is 13.2 Å². The van der Waals surface area contributed by atoms with E-state index in [1.54, 1.807) is 6.07 Å². The fourth-order valence-corrected chi connectivity index (χ4v) is 3.10. The van der Waals surface area contributed by atoms with Crippen molar-refractivity contribution in [2.45, 2.75) is 17.7 Å². The lowest BCUT2D eigenvalue weighted by atomic mass is 10.3. The van der Waals surface area contributed by atoms with Gasteiger partial charge in [-0.2, -0.15) is 0 Å². The Morgan fingerprint density at radius 2 is 2.11 bits per heavy atom. The number of hydrogen-bond donors (Lipinski definition) is 2. The first-order valence-electron chi connectivity index (χ1n) is 5.41. The topological polar surface area (TPSA) is 92.7 Å². The number of rotatable bonds is 7. The number of hydrogen-bond acceptors (Lipinski definition) is 4. The van der Waals surface area contributed by atoms with Gasteiger partial charge in [-0.05, 0) is 18.6 Å². The molecule has 0 aliphatic carbocycles. The molecule has 0 saturated heterocycles. The van der Waals surface area contributed by atoms with Gasteiger partial charge < -0.3 is 9.84 Å². The van der Waals surface area contributed by atoms with Crippen LogP contribution in [0.15, 0.2) is 27.6 Å². The van der Waals surface area contributed by atoms with Gasteiger partial charge in [0, 0.05) is 23.5 Å². The maximum atomic E-state index is 12.0. The van der Waals surface area contributed by atoms with Crippen molar-refractivity contribution in [1.29, 1.82) is 0 Å². The van der Waals surface area contributed by atoms with Crippen LogP contribution < -0.4 is 9.46 Å². The minimum absolute atomic E-state index is 0.0639. The SMILES string of the molecule is COc1cc(Br)cc(S(=O)(=O)NCCCC(=O)O)c1. The fourth-order valence-electron chi connectivity index (χ4n) is 1.34. The monoisotopic (exact) mass is 351 g/mol. The molecule has 0 spiro atoms. The van der Waals surface area contributed by atoms with E-state index in [0.717, 1.165) is 0 Å². The lowest BCUT2D eigenvalue weighted by molar-refractivity contribution is -0.137. The molecule has 0 bridgehead atoms. The average Bonchev–Trinajstić information content (AvgIpc) is 2.33. The van der Waals surface area contributed by atoms with Crippen molar-refractivity contribution in [1.82, 2.24) is 4.72 Å². The van der Waals surface area contributed by atoms with E-state index in [4.69, 9.17) is 9.84 Å². The van der Waals surface area contributed by atoms with Crippen LogP contribution in [-0.4, -0.2) is 33.1 Å². The highest BCUT2D eigenvalue weighted by Crippen LogP contribution is 2.24. The van der Waals surface area contributed by atoms with Crippen LogP contribution in [0.5, 0.6) is 5.75 Å². The van der Waals surface area contributed by atoms with Crippen molar-refractivity contribution in [2.24, 2.45) is 0 Å². The number of carbonyl (C=O) groups is 1. The van der Waals surface area contributed by atoms with Gasteiger partial charge in [0.15, 0.2) is 0 Å². The summed E-state index contributed by atoms with van der Waals surface area (Å²) < 4.78 is 31.8. The predicted octanol–water partition coefficient (Wildman–Crippen LogP) is 1.60. The Kier molecular flexibility index (Phi) is 5.77. The summed E-state index contributed by atoms with van der Waals surface area (Å²) in [5.41, 5.74) is 0.